The lowest BCUT2D eigenvalue weighted by atomic mass is 10.2. The largest absolute Gasteiger partial charge is 0.497 e. The summed E-state index contributed by atoms with van der Waals surface area (Å²) >= 11 is 0. The van der Waals surface area contributed by atoms with Gasteiger partial charge in [-0.2, -0.15) is 5.10 Å². The summed E-state index contributed by atoms with van der Waals surface area (Å²) < 4.78 is 12.5. The molecule has 32 heavy (non-hydrogen) atoms. The summed E-state index contributed by atoms with van der Waals surface area (Å²) in [5.41, 5.74) is 3.23. The van der Waals surface area contributed by atoms with Gasteiger partial charge in [0.25, 0.3) is 5.91 Å². The molecule has 1 amide bonds. The number of benzene rings is 2. The molecule has 0 atom stereocenters. The number of hydrogen-bond donors (Lipinski definition) is 0. The zero-order valence-corrected chi connectivity index (χ0v) is 18.7. The Morgan fingerprint density at radius 1 is 0.906 bits per heavy atom. The van der Waals surface area contributed by atoms with Crippen LogP contribution in [0, 0.1) is 0 Å². The quantitative estimate of drug-likeness (QED) is 0.592. The number of carbonyl (C=O) groups is 1. The molecule has 1 fully saturated rings. The van der Waals surface area contributed by atoms with Crippen molar-refractivity contribution in [2.45, 2.75) is 6.92 Å². The molecule has 0 spiro atoms. The summed E-state index contributed by atoms with van der Waals surface area (Å²) in [6, 6.07) is 17.5. The van der Waals surface area contributed by atoms with Gasteiger partial charge in [-0.15, -0.1) is 0 Å². The number of methoxy groups -OCH3 is 2. The molecule has 166 valence electrons. The van der Waals surface area contributed by atoms with Crippen molar-refractivity contribution in [3.05, 3.63) is 72.1 Å². The monoisotopic (exact) mass is 432 g/mol. The number of anilines is 1. The number of hydrogen-bond acceptors (Lipinski definition) is 5. The number of allylic oxidation sites excluding steroid dienone is 1. The van der Waals surface area contributed by atoms with Gasteiger partial charge in [-0.05, 0) is 31.2 Å². The predicted octanol–water partition coefficient (Wildman–Crippen LogP) is 3.89. The molecule has 0 N–H and O–H groups in total. The van der Waals surface area contributed by atoms with Gasteiger partial charge in [0.2, 0.25) is 0 Å². The Hall–Kier alpha value is -3.74. The van der Waals surface area contributed by atoms with Crippen LogP contribution in [0.3, 0.4) is 0 Å². The molecule has 3 aromatic rings. The smallest absolute Gasteiger partial charge is 0.272 e. The Morgan fingerprint density at radius 2 is 1.56 bits per heavy atom. The molecule has 2 aromatic carbocycles. The molecule has 7 heteroatoms. The zero-order chi connectivity index (χ0) is 22.5. The minimum Gasteiger partial charge on any atom is -0.497 e. The Morgan fingerprint density at radius 3 is 2.16 bits per heavy atom. The second-order valence-corrected chi connectivity index (χ2v) is 7.55. The van der Waals surface area contributed by atoms with Crippen LogP contribution in [-0.2, 0) is 0 Å². The van der Waals surface area contributed by atoms with Crippen molar-refractivity contribution < 1.29 is 14.3 Å². The van der Waals surface area contributed by atoms with E-state index in [0.717, 1.165) is 41.7 Å². The topological polar surface area (TPSA) is 59.8 Å². The SMILES string of the molecule is C/C=C/c1cc(C(=O)N2CCN(c3cc(OC)cc(OC)c3)CC2)n(-c2ccccc2)n1. The molecule has 0 saturated carbocycles. The van der Waals surface area contributed by atoms with Gasteiger partial charge in [0, 0.05) is 50.1 Å². The van der Waals surface area contributed by atoms with Crippen LogP contribution in [-0.4, -0.2) is 61.0 Å². The molecule has 1 aliphatic heterocycles. The van der Waals surface area contributed by atoms with Crippen LogP contribution in [0.2, 0.25) is 0 Å². The summed E-state index contributed by atoms with van der Waals surface area (Å²) in [5, 5.41) is 4.63. The summed E-state index contributed by atoms with van der Waals surface area (Å²) in [4.78, 5) is 17.6. The molecular formula is C25H28N4O3. The van der Waals surface area contributed by atoms with Crippen LogP contribution < -0.4 is 14.4 Å². The Labute approximate surface area is 188 Å². The van der Waals surface area contributed by atoms with Gasteiger partial charge in [-0.1, -0.05) is 24.3 Å². The number of piperazine rings is 1. The van der Waals surface area contributed by atoms with E-state index >= 15 is 0 Å². The van der Waals surface area contributed by atoms with Crippen molar-refractivity contribution >= 4 is 17.7 Å². The lowest BCUT2D eigenvalue weighted by Gasteiger charge is -2.36. The zero-order valence-electron chi connectivity index (χ0n) is 18.7. The fraction of sp³-hybridized carbons (Fsp3) is 0.280. The summed E-state index contributed by atoms with van der Waals surface area (Å²) in [6.07, 6.45) is 3.83. The number of amides is 1. The van der Waals surface area contributed by atoms with Crippen LogP contribution in [0.1, 0.15) is 23.1 Å². The first-order valence-electron chi connectivity index (χ1n) is 10.7. The predicted molar refractivity (Wildman–Crippen MR) is 126 cm³/mol. The van der Waals surface area contributed by atoms with E-state index in [9.17, 15) is 4.79 Å². The number of carbonyl (C=O) groups excluding carboxylic acids is 1. The lowest BCUT2D eigenvalue weighted by molar-refractivity contribution is 0.0737. The third-order valence-electron chi connectivity index (χ3n) is 5.55. The summed E-state index contributed by atoms with van der Waals surface area (Å²) in [7, 11) is 3.29. The average molecular weight is 433 g/mol. The molecular weight excluding hydrogens is 404 g/mol. The van der Waals surface area contributed by atoms with Crippen molar-refractivity contribution in [3.8, 4) is 17.2 Å². The minimum atomic E-state index is -0.0139. The third-order valence-corrected chi connectivity index (χ3v) is 5.55. The number of aromatic nitrogens is 2. The van der Waals surface area contributed by atoms with Crippen LogP contribution in [0.25, 0.3) is 11.8 Å². The van der Waals surface area contributed by atoms with E-state index in [2.05, 4.69) is 10.00 Å². The van der Waals surface area contributed by atoms with Gasteiger partial charge in [0.05, 0.1) is 25.6 Å². The minimum absolute atomic E-state index is 0.0139. The molecule has 1 aliphatic rings. The summed E-state index contributed by atoms with van der Waals surface area (Å²) in [5.74, 6) is 1.49. The van der Waals surface area contributed by atoms with E-state index < -0.39 is 0 Å². The maximum absolute atomic E-state index is 13.4. The van der Waals surface area contributed by atoms with Crippen molar-refractivity contribution in [3.63, 3.8) is 0 Å². The van der Waals surface area contributed by atoms with E-state index in [1.807, 2.05) is 78.6 Å². The highest BCUT2D eigenvalue weighted by atomic mass is 16.5. The van der Waals surface area contributed by atoms with E-state index in [0.29, 0.717) is 18.8 Å². The fourth-order valence-corrected chi connectivity index (χ4v) is 3.87. The molecule has 7 nitrogen and oxygen atoms in total. The van der Waals surface area contributed by atoms with E-state index in [-0.39, 0.29) is 5.91 Å². The van der Waals surface area contributed by atoms with Crippen molar-refractivity contribution in [1.82, 2.24) is 14.7 Å². The Balaban J connectivity index is 1.53. The van der Waals surface area contributed by atoms with E-state index in [4.69, 9.17) is 9.47 Å². The molecule has 0 radical (unpaired) electrons. The number of rotatable bonds is 6. The van der Waals surface area contributed by atoms with Crippen molar-refractivity contribution in [1.29, 1.82) is 0 Å². The molecule has 2 heterocycles. The van der Waals surface area contributed by atoms with Crippen LogP contribution in [0.5, 0.6) is 11.5 Å². The highest BCUT2D eigenvalue weighted by Crippen LogP contribution is 2.29. The highest BCUT2D eigenvalue weighted by molar-refractivity contribution is 5.94. The van der Waals surface area contributed by atoms with Gasteiger partial charge < -0.3 is 19.3 Å². The Kier molecular flexibility index (Phi) is 6.44. The molecule has 0 aliphatic carbocycles. The third kappa shape index (κ3) is 4.46. The molecule has 1 aromatic heterocycles. The molecule has 1 saturated heterocycles. The van der Waals surface area contributed by atoms with Gasteiger partial charge in [-0.3, -0.25) is 4.79 Å². The van der Waals surface area contributed by atoms with Gasteiger partial charge in [-0.25, -0.2) is 4.68 Å². The van der Waals surface area contributed by atoms with Gasteiger partial charge in [0.1, 0.15) is 17.2 Å². The molecule has 4 rings (SSSR count). The van der Waals surface area contributed by atoms with Crippen molar-refractivity contribution in [2.24, 2.45) is 0 Å². The first-order chi connectivity index (χ1) is 15.6. The first kappa shape index (κ1) is 21.5. The summed E-state index contributed by atoms with van der Waals surface area (Å²) in [6.45, 7) is 4.64. The van der Waals surface area contributed by atoms with Crippen LogP contribution >= 0.6 is 0 Å². The standard InChI is InChI=1S/C25H28N4O3/c1-4-8-19-15-24(29(26-19)20-9-6-5-7-10-20)25(30)28-13-11-27(12-14-28)21-16-22(31-2)18-23(17-21)32-3/h4-10,15-18H,11-14H2,1-3H3/b8-4+. The normalized spacial score (nSPS) is 14.1. The average Bonchev–Trinajstić information content (AvgIpc) is 3.28. The lowest BCUT2D eigenvalue weighted by Crippen LogP contribution is -2.49. The van der Waals surface area contributed by atoms with Crippen LogP contribution in [0.4, 0.5) is 5.69 Å². The molecule has 0 unspecified atom stereocenters. The first-order valence-corrected chi connectivity index (χ1v) is 10.7. The maximum atomic E-state index is 13.4. The highest BCUT2D eigenvalue weighted by Gasteiger charge is 2.26. The Bertz CT molecular complexity index is 1080. The van der Waals surface area contributed by atoms with Gasteiger partial charge >= 0.3 is 0 Å². The van der Waals surface area contributed by atoms with E-state index in [1.54, 1.807) is 18.9 Å². The van der Waals surface area contributed by atoms with Crippen molar-refractivity contribution in [2.75, 3.05) is 45.3 Å². The fourth-order valence-electron chi connectivity index (χ4n) is 3.87. The van der Waals surface area contributed by atoms with E-state index in [1.165, 1.54) is 0 Å². The maximum Gasteiger partial charge on any atom is 0.272 e. The number of ether oxygens (including phenoxy) is 2. The molecule has 0 bridgehead atoms. The van der Waals surface area contributed by atoms with Gasteiger partial charge in [0.15, 0.2) is 0 Å². The number of nitrogens with zero attached hydrogens (tertiary/aromatic N) is 4. The second kappa shape index (κ2) is 9.60. The second-order valence-electron chi connectivity index (χ2n) is 7.55. The number of para-hydroxylation sites is 1. The van der Waals surface area contributed by atoms with Crippen LogP contribution in [0.15, 0.2) is 60.7 Å².